The Morgan fingerprint density at radius 2 is 2.11 bits per heavy atom. The third kappa shape index (κ3) is 3.03. The van der Waals surface area contributed by atoms with E-state index in [1.807, 2.05) is 0 Å². The number of hydrogen-bond donors (Lipinski definition) is 1. The van der Waals surface area contributed by atoms with Gasteiger partial charge in [0.25, 0.3) is 0 Å². The Labute approximate surface area is 113 Å². The summed E-state index contributed by atoms with van der Waals surface area (Å²) >= 11 is 1.25. The number of pyridine rings is 1. The number of benzene rings is 1. The summed E-state index contributed by atoms with van der Waals surface area (Å²) in [6.45, 7) is 0. The summed E-state index contributed by atoms with van der Waals surface area (Å²) in [5.74, 6) is -1.14. The SMILES string of the molecule is COC(=O)CSc1ccc2c(C(=O)O)cccc2n1. The molecule has 6 heteroatoms. The Hall–Kier alpha value is -2.08. The van der Waals surface area contributed by atoms with E-state index >= 15 is 0 Å². The number of carboxylic acid groups (broad SMARTS) is 1. The predicted octanol–water partition coefficient (Wildman–Crippen LogP) is 2.20. The molecule has 0 amide bonds. The standard InChI is InChI=1S/C13H11NO4S/c1-18-12(15)7-19-11-6-5-8-9(13(16)17)3-2-4-10(8)14-11/h2-6H,7H2,1H3,(H,16,17). The van der Waals surface area contributed by atoms with E-state index in [0.717, 1.165) is 0 Å². The third-order valence-electron chi connectivity index (χ3n) is 2.50. The molecule has 19 heavy (non-hydrogen) atoms. The molecule has 5 nitrogen and oxygen atoms in total. The van der Waals surface area contributed by atoms with Crippen molar-refractivity contribution in [3.63, 3.8) is 0 Å². The van der Waals surface area contributed by atoms with E-state index in [1.165, 1.54) is 24.9 Å². The molecule has 0 saturated carbocycles. The molecule has 0 atom stereocenters. The fourth-order valence-corrected chi connectivity index (χ4v) is 2.31. The van der Waals surface area contributed by atoms with Crippen LogP contribution in [0, 0.1) is 0 Å². The molecular formula is C13H11NO4S. The number of nitrogens with zero attached hydrogens (tertiary/aromatic N) is 1. The van der Waals surface area contributed by atoms with Gasteiger partial charge in [0.15, 0.2) is 0 Å². The fourth-order valence-electron chi connectivity index (χ4n) is 1.59. The van der Waals surface area contributed by atoms with E-state index < -0.39 is 5.97 Å². The summed E-state index contributed by atoms with van der Waals surface area (Å²) in [4.78, 5) is 26.4. The molecule has 0 saturated heterocycles. The van der Waals surface area contributed by atoms with Crippen molar-refractivity contribution in [2.24, 2.45) is 0 Å². The van der Waals surface area contributed by atoms with Gasteiger partial charge in [0, 0.05) is 5.39 Å². The molecule has 1 aromatic heterocycles. The molecule has 0 aliphatic rings. The maximum absolute atomic E-state index is 11.1. The highest BCUT2D eigenvalue weighted by Crippen LogP contribution is 2.22. The highest BCUT2D eigenvalue weighted by Gasteiger charge is 2.10. The minimum Gasteiger partial charge on any atom is -0.478 e. The third-order valence-corrected chi connectivity index (χ3v) is 3.41. The Kier molecular flexibility index (Phi) is 4.01. The van der Waals surface area contributed by atoms with Crippen LogP contribution in [0.5, 0.6) is 0 Å². The number of rotatable bonds is 4. The number of aromatic nitrogens is 1. The van der Waals surface area contributed by atoms with Crippen LogP contribution in [-0.2, 0) is 9.53 Å². The van der Waals surface area contributed by atoms with Crippen molar-refractivity contribution in [1.82, 2.24) is 4.98 Å². The summed E-state index contributed by atoms with van der Waals surface area (Å²) in [7, 11) is 1.33. The van der Waals surface area contributed by atoms with Gasteiger partial charge in [-0.1, -0.05) is 17.8 Å². The van der Waals surface area contributed by atoms with Crippen LogP contribution in [0.15, 0.2) is 35.4 Å². The minimum atomic E-state index is -0.984. The summed E-state index contributed by atoms with van der Waals surface area (Å²) < 4.78 is 4.54. The second-order valence-electron chi connectivity index (χ2n) is 3.69. The van der Waals surface area contributed by atoms with E-state index in [1.54, 1.807) is 24.3 Å². The molecule has 0 fully saturated rings. The number of fused-ring (bicyclic) bond motifs is 1. The van der Waals surface area contributed by atoms with E-state index in [9.17, 15) is 9.59 Å². The van der Waals surface area contributed by atoms with Gasteiger partial charge in [-0.25, -0.2) is 9.78 Å². The number of esters is 1. The molecule has 98 valence electrons. The summed E-state index contributed by atoms with van der Waals surface area (Å²) in [6, 6.07) is 8.32. The number of ether oxygens (including phenoxy) is 1. The molecule has 0 unspecified atom stereocenters. The second-order valence-corrected chi connectivity index (χ2v) is 4.69. The van der Waals surface area contributed by atoms with E-state index in [2.05, 4.69) is 9.72 Å². The topological polar surface area (TPSA) is 76.5 Å². The lowest BCUT2D eigenvalue weighted by Gasteiger charge is -2.04. The van der Waals surface area contributed by atoms with Crippen LogP contribution in [-0.4, -0.2) is 34.9 Å². The number of thioether (sulfide) groups is 1. The molecule has 2 aromatic rings. The molecule has 1 N–H and O–H groups in total. The summed E-state index contributed by atoms with van der Waals surface area (Å²) in [5, 5.41) is 10.3. The monoisotopic (exact) mass is 277 g/mol. The molecule has 0 aliphatic heterocycles. The average Bonchev–Trinajstić information content (AvgIpc) is 2.43. The smallest absolute Gasteiger partial charge is 0.336 e. The van der Waals surface area contributed by atoms with Gasteiger partial charge in [-0.3, -0.25) is 4.79 Å². The molecule has 0 aliphatic carbocycles. The van der Waals surface area contributed by atoms with Gasteiger partial charge in [-0.2, -0.15) is 0 Å². The molecule has 0 radical (unpaired) electrons. The Balaban J connectivity index is 2.31. The van der Waals surface area contributed by atoms with Gasteiger partial charge in [-0.05, 0) is 24.3 Å². The number of carbonyl (C=O) groups excluding carboxylic acids is 1. The fraction of sp³-hybridized carbons (Fsp3) is 0.154. The molecule has 1 aromatic carbocycles. The van der Waals surface area contributed by atoms with E-state index in [4.69, 9.17) is 5.11 Å². The van der Waals surface area contributed by atoms with Crippen molar-refractivity contribution in [3.8, 4) is 0 Å². The maximum Gasteiger partial charge on any atom is 0.336 e. The molecule has 1 heterocycles. The molecule has 0 spiro atoms. The van der Waals surface area contributed by atoms with Crippen LogP contribution in [0.2, 0.25) is 0 Å². The Morgan fingerprint density at radius 1 is 1.32 bits per heavy atom. The van der Waals surface area contributed by atoms with Gasteiger partial charge in [-0.15, -0.1) is 0 Å². The van der Waals surface area contributed by atoms with Gasteiger partial charge in [0.05, 0.1) is 29.0 Å². The minimum absolute atomic E-state index is 0.174. The first-order valence-corrected chi connectivity index (χ1v) is 6.43. The van der Waals surface area contributed by atoms with Crippen molar-refractivity contribution in [2.45, 2.75) is 5.03 Å². The lowest BCUT2D eigenvalue weighted by atomic mass is 10.1. The Morgan fingerprint density at radius 3 is 2.79 bits per heavy atom. The molecular weight excluding hydrogens is 266 g/mol. The van der Waals surface area contributed by atoms with E-state index in [0.29, 0.717) is 15.9 Å². The summed E-state index contributed by atoms with van der Waals surface area (Å²) in [6.07, 6.45) is 0. The van der Waals surface area contributed by atoms with Crippen LogP contribution in [0.3, 0.4) is 0 Å². The summed E-state index contributed by atoms with van der Waals surface area (Å²) in [5.41, 5.74) is 0.810. The van der Waals surface area contributed by atoms with Gasteiger partial charge < -0.3 is 9.84 Å². The second kappa shape index (κ2) is 5.71. The van der Waals surface area contributed by atoms with Crippen LogP contribution in [0.25, 0.3) is 10.9 Å². The van der Waals surface area contributed by atoms with E-state index in [-0.39, 0.29) is 17.3 Å². The highest BCUT2D eigenvalue weighted by molar-refractivity contribution is 7.99. The molecule has 0 bridgehead atoms. The highest BCUT2D eigenvalue weighted by atomic mass is 32.2. The zero-order valence-electron chi connectivity index (χ0n) is 10.1. The molecule has 2 rings (SSSR count). The quantitative estimate of drug-likeness (QED) is 0.682. The normalized spacial score (nSPS) is 10.4. The number of hydrogen-bond acceptors (Lipinski definition) is 5. The largest absolute Gasteiger partial charge is 0.478 e. The first kappa shape index (κ1) is 13.4. The van der Waals surface area contributed by atoms with Crippen LogP contribution in [0.4, 0.5) is 0 Å². The average molecular weight is 277 g/mol. The predicted molar refractivity (Wildman–Crippen MR) is 71.4 cm³/mol. The van der Waals surface area contributed by atoms with Crippen molar-refractivity contribution < 1.29 is 19.4 Å². The van der Waals surface area contributed by atoms with Crippen LogP contribution >= 0.6 is 11.8 Å². The zero-order valence-corrected chi connectivity index (χ0v) is 10.9. The number of carbonyl (C=O) groups is 2. The van der Waals surface area contributed by atoms with Crippen molar-refractivity contribution >= 4 is 34.6 Å². The first-order valence-electron chi connectivity index (χ1n) is 5.44. The Bertz CT molecular complexity index is 642. The number of methoxy groups -OCH3 is 1. The van der Waals surface area contributed by atoms with Crippen molar-refractivity contribution in [2.75, 3.05) is 12.9 Å². The van der Waals surface area contributed by atoms with Gasteiger partial charge in [0.1, 0.15) is 0 Å². The first-order chi connectivity index (χ1) is 9.11. The van der Waals surface area contributed by atoms with Gasteiger partial charge in [0.2, 0.25) is 0 Å². The van der Waals surface area contributed by atoms with Crippen LogP contribution < -0.4 is 0 Å². The number of carboxylic acids is 1. The van der Waals surface area contributed by atoms with Crippen molar-refractivity contribution in [1.29, 1.82) is 0 Å². The lowest BCUT2D eigenvalue weighted by molar-refractivity contribution is -0.137. The van der Waals surface area contributed by atoms with Gasteiger partial charge >= 0.3 is 11.9 Å². The maximum atomic E-state index is 11.1. The lowest BCUT2D eigenvalue weighted by Crippen LogP contribution is -2.03. The number of aromatic carboxylic acids is 1. The zero-order chi connectivity index (χ0) is 13.8. The van der Waals surface area contributed by atoms with Crippen LogP contribution in [0.1, 0.15) is 10.4 Å². The van der Waals surface area contributed by atoms with Crippen molar-refractivity contribution in [3.05, 3.63) is 35.9 Å².